The lowest BCUT2D eigenvalue weighted by Crippen LogP contribution is -2.43. The quantitative estimate of drug-likeness (QED) is 0.826. The van der Waals surface area contributed by atoms with Crippen molar-refractivity contribution in [1.82, 2.24) is 0 Å². The summed E-state index contributed by atoms with van der Waals surface area (Å²) in [5, 5.41) is 5.05. The van der Waals surface area contributed by atoms with Crippen LogP contribution in [-0.2, 0) is 21.5 Å². The van der Waals surface area contributed by atoms with Crippen molar-refractivity contribution in [3.63, 3.8) is 0 Å². The molecule has 1 aromatic carbocycles. The van der Waals surface area contributed by atoms with Crippen LogP contribution < -0.4 is 14.1 Å². The summed E-state index contributed by atoms with van der Waals surface area (Å²) in [6, 6.07) is 3.71. The third-order valence-corrected chi connectivity index (χ3v) is 8.12. The number of aryl methyl sites for hydroxylation is 1. The topological polar surface area (TPSA) is 95.7 Å². The standard InChI is InChI=1S/C21H29NO5S/c1-12(23)17-6-7-18-15-5-4-13-10-20(27-28(22,24)25)19(26-3)11-16(13)14(15)8-9-21(17,18)2/h10-11,14-15,17-18H,4-9H2,1-3H3,(H2,22,24,25)/t14-,15+,17+,18-,21+/m0/s1. The summed E-state index contributed by atoms with van der Waals surface area (Å²) in [6.07, 6.45) is 6.17. The SMILES string of the molecule is COc1cc2c(cc1OS(N)(=O)=O)CC[C@@H]1[C@@H]2CC[C@]2(C)[C@@H](C(C)=O)CC[C@@H]12. The van der Waals surface area contributed by atoms with E-state index in [9.17, 15) is 13.2 Å². The van der Waals surface area contributed by atoms with Gasteiger partial charge in [-0.1, -0.05) is 6.92 Å². The van der Waals surface area contributed by atoms with Gasteiger partial charge in [-0.05, 0) is 91.9 Å². The van der Waals surface area contributed by atoms with E-state index in [-0.39, 0.29) is 17.1 Å². The Morgan fingerprint density at radius 2 is 1.93 bits per heavy atom. The van der Waals surface area contributed by atoms with Crippen molar-refractivity contribution in [3.8, 4) is 11.5 Å². The first-order chi connectivity index (χ1) is 13.1. The summed E-state index contributed by atoms with van der Waals surface area (Å²) < 4.78 is 33.1. The van der Waals surface area contributed by atoms with E-state index in [1.807, 2.05) is 6.07 Å². The first-order valence-electron chi connectivity index (χ1n) is 10.1. The van der Waals surface area contributed by atoms with Gasteiger partial charge in [0.05, 0.1) is 7.11 Å². The van der Waals surface area contributed by atoms with Crippen LogP contribution in [-0.4, -0.2) is 21.3 Å². The molecule has 3 aliphatic rings. The van der Waals surface area contributed by atoms with E-state index < -0.39 is 10.3 Å². The second-order valence-electron chi connectivity index (χ2n) is 8.98. The van der Waals surface area contributed by atoms with E-state index in [1.165, 1.54) is 12.7 Å². The largest absolute Gasteiger partial charge is 0.493 e. The highest BCUT2D eigenvalue weighted by Crippen LogP contribution is 2.63. The number of rotatable bonds is 4. The zero-order valence-corrected chi connectivity index (χ0v) is 17.6. The highest BCUT2D eigenvalue weighted by molar-refractivity contribution is 7.84. The van der Waals surface area contributed by atoms with Crippen LogP contribution in [0.3, 0.4) is 0 Å². The molecule has 6 nitrogen and oxygen atoms in total. The molecule has 7 heteroatoms. The average molecular weight is 408 g/mol. The molecule has 28 heavy (non-hydrogen) atoms. The van der Waals surface area contributed by atoms with Crippen molar-refractivity contribution in [2.75, 3.05) is 7.11 Å². The summed E-state index contributed by atoms with van der Waals surface area (Å²) in [6.45, 7) is 4.07. The van der Waals surface area contributed by atoms with Gasteiger partial charge in [-0.25, -0.2) is 0 Å². The van der Waals surface area contributed by atoms with Gasteiger partial charge in [0.2, 0.25) is 0 Å². The maximum Gasteiger partial charge on any atom is 0.380 e. The molecule has 0 radical (unpaired) electrons. The fraction of sp³-hybridized carbons (Fsp3) is 0.667. The molecule has 4 rings (SSSR count). The van der Waals surface area contributed by atoms with Crippen LogP contribution in [0.25, 0.3) is 0 Å². The van der Waals surface area contributed by atoms with Crippen LogP contribution in [0.1, 0.15) is 63.0 Å². The number of ether oxygens (including phenoxy) is 1. The molecule has 5 atom stereocenters. The van der Waals surface area contributed by atoms with E-state index in [2.05, 4.69) is 6.92 Å². The normalized spacial score (nSPS) is 34.1. The van der Waals surface area contributed by atoms with Gasteiger partial charge in [-0.3, -0.25) is 4.79 Å². The molecule has 0 bridgehead atoms. The number of benzene rings is 1. The van der Waals surface area contributed by atoms with Crippen molar-refractivity contribution >= 4 is 16.1 Å². The molecule has 1 aromatic rings. The zero-order chi connectivity index (χ0) is 20.3. The van der Waals surface area contributed by atoms with Gasteiger partial charge in [-0.15, -0.1) is 0 Å². The first-order valence-corrected chi connectivity index (χ1v) is 11.5. The number of hydrogen-bond donors (Lipinski definition) is 1. The highest BCUT2D eigenvalue weighted by atomic mass is 32.2. The maximum atomic E-state index is 12.2. The average Bonchev–Trinajstić information content (AvgIpc) is 2.97. The minimum atomic E-state index is -4.11. The Morgan fingerprint density at radius 3 is 2.57 bits per heavy atom. The molecule has 2 saturated carbocycles. The van der Waals surface area contributed by atoms with Crippen molar-refractivity contribution in [2.45, 2.75) is 58.3 Å². The van der Waals surface area contributed by atoms with Crippen LogP contribution in [0.4, 0.5) is 0 Å². The van der Waals surface area contributed by atoms with Gasteiger partial charge < -0.3 is 8.92 Å². The van der Waals surface area contributed by atoms with Gasteiger partial charge in [0.15, 0.2) is 11.5 Å². The highest BCUT2D eigenvalue weighted by Gasteiger charge is 2.55. The Kier molecular flexibility index (Phi) is 4.74. The van der Waals surface area contributed by atoms with Crippen molar-refractivity contribution < 1.29 is 22.1 Å². The number of ketones is 1. The summed E-state index contributed by atoms with van der Waals surface area (Å²) in [4.78, 5) is 12.2. The third kappa shape index (κ3) is 3.12. The van der Waals surface area contributed by atoms with E-state index >= 15 is 0 Å². The number of methoxy groups -OCH3 is 1. The van der Waals surface area contributed by atoms with Crippen molar-refractivity contribution in [3.05, 3.63) is 23.3 Å². The minimum absolute atomic E-state index is 0.116. The van der Waals surface area contributed by atoms with Crippen LogP contribution in [0.15, 0.2) is 12.1 Å². The molecule has 154 valence electrons. The fourth-order valence-corrected chi connectivity index (χ4v) is 6.98. The van der Waals surface area contributed by atoms with Gasteiger partial charge in [-0.2, -0.15) is 13.6 Å². The summed E-state index contributed by atoms with van der Waals surface area (Å²) in [5.41, 5.74) is 2.47. The second kappa shape index (κ2) is 6.73. The second-order valence-corrected chi connectivity index (χ2v) is 10.1. The van der Waals surface area contributed by atoms with Crippen LogP contribution in [0.2, 0.25) is 0 Å². The monoisotopic (exact) mass is 407 g/mol. The van der Waals surface area contributed by atoms with E-state index in [1.54, 1.807) is 13.0 Å². The predicted molar refractivity (Wildman–Crippen MR) is 106 cm³/mol. The van der Waals surface area contributed by atoms with E-state index in [4.69, 9.17) is 14.1 Å². The summed E-state index contributed by atoms with van der Waals surface area (Å²) in [7, 11) is -2.60. The molecule has 0 heterocycles. The van der Waals surface area contributed by atoms with E-state index in [0.717, 1.165) is 44.1 Å². The smallest absolute Gasteiger partial charge is 0.380 e. The zero-order valence-electron chi connectivity index (χ0n) is 16.7. The predicted octanol–water partition coefficient (Wildman–Crippen LogP) is 3.34. The molecule has 2 N–H and O–H groups in total. The first kappa shape index (κ1) is 19.7. The van der Waals surface area contributed by atoms with Gasteiger partial charge >= 0.3 is 10.3 Å². The lowest BCUT2D eigenvalue weighted by molar-refractivity contribution is -0.125. The number of nitrogens with two attached hydrogens (primary N) is 1. The van der Waals surface area contributed by atoms with Gasteiger partial charge in [0.25, 0.3) is 0 Å². The molecular formula is C21H29NO5S. The number of Topliss-reactive ketones (excluding diaryl/α,β-unsaturated/α-hetero) is 1. The molecule has 0 amide bonds. The van der Waals surface area contributed by atoms with Crippen LogP contribution in [0, 0.1) is 23.2 Å². The van der Waals surface area contributed by atoms with Crippen LogP contribution in [0.5, 0.6) is 11.5 Å². The fourth-order valence-electron chi connectivity index (χ4n) is 6.60. The molecule has 0 aromatic heterocycles. The maximum absolute atomic E-state index is 12.2. The molecule has 0 unspecified atom stereocenters. The Morgan fingerprint density at radius 1 is 1.18 bits per heavy atom. The Bertz CT molecular complexity index is 912. The summed E-state index contributed by atoms with van der Waals surface area (Å²) >= 11 is 0. The lowest BCUT2D eigenvalue weighted by Gasteiger charge is -2.50. The third-order valence-electron chi connectivity index (χ3n) is 7.71. The van der Waals surface area contributed by atoms with Crippen molar-refractivity contribution in [1.29, 1.82) is 0 Å². The Hall–Kier alpha value is -1.60. The van der Waals surface area contributed by atoms with Gasteiger partial charge in [0.1, 0.15) is 5.78 Å². The number of fused-ring (bicyclic) bond motifs is 5. The summed E-state index contributed by atoms with van der Waals surface area (Å²) in [5.74, 6) is 2.64. The molecule has 0 aliphatic heterocycles. The number of carbonyl (C=O) groups is 1. The molecule has 2 fully saturated rings. The van der Waals surface area contributed by atoms with Gasteiger partial charge in [0, 0.05) is 5.92 Å². The molecule has 0 spiro atoms. The molecule has 3 aliphatic carbocycles. The number of carbonyl (C=O) groups excluding carboxylic acids is 1. The molecular weight excluding hydrogens is 378 g/mol. The van der Waals surface area contributed by atoms with Crippen LogP contribution >= 0.6 is 0 Å². The molecule has 0 saturated heterocycles. The van der Waals surface area contributed by atoms with Crippen molar-refractivity contribution in [2.24, 2.45) is 28.3 Å². The lowest BCUT2D eigenvalue weighted by atomic mass is 9.54. The Balaban J connectivity index is 1.69. The van der Waals surface area contributed by atoms with E-state index in [0.29, 0.717) is 29.3 Å². The minimum Gasteiger partial charge on any atom is -0.493 e. The number of hydrogen-bond acceptors (Lipinski definition) is 5. The Labute approximate surface area is 167 Å².